The number of nitrogens with one attached hydrogen (secondary N) is 2. The Morgan fingerprint density at radius 3 is 2.25 bits per heavy atom. The van der Waals surface area contributed by atoms with Crippen molar-refractivity contribution in [3.8, 4) is 0 Å². The summed E-state index contributed by atoms with van der Waals surface area (Å²) in [6, 6.07) is 26.2. The SMILES string of the molecule is COC(=O)N[C@H](C(O)NCc1ccc([C@@H](CO)N(CC(C)C)S(=O)(=O)c2ccc3scnc3c2)s1)C(c1ccccc1)c1ccccc1. The number of ether oxygens (including phenoxy) is 1. The zero-order valence-electron chi connectivity index (χ0n) is 26.9. The van der Waals surface area contributed by atoms with E-state index < -0.39 is 47.0 Å². The zero-order chi connectivity index (χ0) is 34.3. The van der Waals surface area contributed by atoms with Gasteiger partial charge in [-0.2, -0.15) is 4.31 Å². The highest BCUT2D eigenvalue weighted by Crippen LogP contribution is 2.34. The maximum atomic E-state index is 14.0. The summed E-state index contributed by atoms with van der Waals surface area (Å²) in [6.07, 6.45) is -1.88. The van der Waals surface area contributed by atoms with Gasteiger partial charge in [0.25, 0.3) is 0 Å². The largest absolute Gasteiger partial charge is 0.453 e. The second-order valence-electron chi connectivity index (χ2n) is 11.7. The first kappa shape index (κ1) is 35.6. The van der Waals surface area contributed by atoms with E-state index in [0.29, 0.717) is 10.4 Å². The van der Waals surface area contributed by atoms with Crippen molar-refractivity contribution in [1.29, 1.82) is 0 Å². The molecule has 0 saturated heterocycles. The van der Waals surface area contributed by atoms with E-state index in [-0.39, 0.29) is 23.9 Å². The second-order valence-corrected chi connectivity index (χ2v) is 15.7. The molecule has 3 atom stereocenters. The number of carbonyl (C=O) groups is 1. The van der Waals surface area contributed by atoms with E-state index in [9.17, 15) is 23.4 Å². The molecular weight excluding hydrogens is 669 g/mol. The van der Waals surface area contributed by atoms with Crippen LogP contribution in [0.3, 0.4) is 0 Å². The van der Waals surface area contributed by atoms with Crippen LogP contribution in [0.4, 0.5) is 4.79 Å². The standard InChI is InChI=1S/C35H40N4O6S3/c1-23(2)20-39(48(43,44)27-15-17-30-28(18-27)37-22-46-30)29(21-40)31-16-14-26(47-31)19-36-34(41)33(38-35(42)45-3)32(24-10-6-4-7-11-24)25-12-8-5-9-13-25/h4-18,22-23,29,32-34,36,40-41H,19-21H2,1-3H3,(H,38,42)/t29-,33+,34?/m1/s1. The van der Waals surface area contributed by atoms with Crippen LogP contribution in [0.5, 0.6) is 0 Å². The number of aliphatic hydroxyl groups is 2. The highest BCUT2D eigenvalue weighted by atomic mass is 32.2. The van der Waals surface area contributed by atoms with Crippen molar-refractivity contribution in [2.45, 2.75) is 49.5 Å². The Morgan fingerprint density at radius 1 is 0.979 bits per heavy atom. The van der Waals surface area contributed by atoms with E-state index in [1.807, 2.05) is 86.6 Å². The quantitative estimate of drug-likeness (QED) is 0.102. The second kappa shape index (κ2) is 16.1. The average Bonchev–Trinajstić information content (AvgIpc) is 3.77. The van der Waals surface area contributed by atoms with Crippen LogP contribution in [-0.4, -0.2) is 66.5 Å². The Balaban J connectivity index is 1.39. The van der Waals surface area contributed by atoms with Gasteiger partial charge in [0.15, 0.2) is 0 Å². The van der Waals surface area contributed by atoms with Crippen LogP contribution in [0.25, 0.3) is 10.2 Å². The van der Waals surface area contributed by atoms with Gasteiger partial charge in [-0.15, -0.1) is 22.7 Å². The molecule has 0 aliphatic heterocycles. The number of sulfonamides is 1. The molecule has 4 N–H and O–H groups in total. The molecule has 0 spiro atoms. The van der Waals surface area contributed by atoms with E-state index >= 15 is 0 Å². The molecule has 0 bridgehead atoms. The fourth-order valence-corrected chi connectivity index (χ4v) is 9.25. The summed E-state index contributed by atoms with van der Waals surface area (Å²) >= 11 is 2.79. The van der Waals surface area contributed by atoms with E-state index in [1.165, 1.54) is 34.1 Å². The molecule has 48 heavy (non-hydrogen) atoms. The number of thiazole rings is 1. The topological polar surface area (TPSA) is 141 Å². The number of carbonyl (C=O) groups excluding carboxylic acids is 1. The molecule has 5 aromatic rings. The smallest absolute Gasteiger partial charge is 0.407 e. The normalized spacial score (nSPS) is 14.0. The van der Waals surface area contributed by atoms with E-state index in [2.05, 4.69) is 15.6 Å². The van der Waals surface area contributed by atoms with Gasteiger partial charge < -0.3 is 20.3 Å². The van der Waals surface area contributed by atoms with Crippen molar-refractivity contribution in [2.24, 2.45) is 5.92 Å². The molecule has 0 saturated carbocycles. The number of hydrogen-bond acceptors (Lipinski definition) is 10. The predicted octanol–water partition coefficient (Wildman–Crippen LogP) is 5.70. The highest BCUT2D eigenvalue weighted by Gasteiger charge is 2.35. The Hall–Kier alpha value is -3.69. The summed E-state index contributed by atoms with van der Waals surface area (Å²) in [5.41, 5.74) is 4.08. The number of rotatable bonds is 15. The van der Waals surface area contributed by atoms with Crippen molar-refractivity contribution in [1.82, 2.24) is 19.9 Å². The van der Waals surface area contributed by atoms with Crippen LogP contribution >= 0.6 is 22.7 Å². The van der Waals surface area contributed by atoms with Gasteiger partial charge in [0.2, 0.25) is 10.0 Å². The van der Waals surface area contributed by atoms with Crippen molar-refractivity contribution in [2.75, 3.05) is 20.3 Å². The molecule has 0 aliphatic rings. The molecule has 254 valence electrons. The summed E-state index contributed by atoms with van der Waals surface area (Å²) in [5.74, 6) is -0.417. The number of alkyl carbamates (subject to hydrolysis) is 1. The lowest BCUT2D eigenvalue weighted by molar-refractivity contribution is 0.0795. The van der Waals surface area contributed by atoms with Crippen LogP contribution in [-0.2, 0) is 21.3 Å². The van der Waals surface area contributed by atoms with E-state index in [1.54, 1.807) is 23.7 Å². The number of aromatic nitrogens is 1. The molecule has 0 fully saturated rings. The Morgan fingerprint density at radius 2 is 1.65 bits per heavy atom. The van der Waals surface area contributed by atoms with Crippen molar-refractivity contribution >= 4 is 49.0 Å². The first-order chi connectivity index (χ1) is 23.1. The Bertz CT molecular complexity index is 1840. The Kier molecular flexibility index (Phi) is 12.0. The van der Waals surface area contributed by atoms with Gasteiger partial charge in [-0.1, -0.05) is 74.5 Å². The molecule has 13 heteroatoms. The number of amides is 1. The number of benzene rings is 3. The molecule has 0 aliphatic carbocycles. The van der Waals surface area contributed by atoms with Gasteiger partial charge in [0.1, 0.15) is 6.23 Å². The van der Waals surface area contributed by atoms with Crippen molar-refractivity contribution < 1.29 is 28.2 Å². The van der Waals surface area contributed by atoms with Crippen molar-refractivity contribution in [3.63, 3.8) is 0 Å². The lowest BCUT2D eigenvalue weighted by Gasteiger charge is -2.32. The monoisotopic (exact) mass is 708 g/mol. The molecule has 2 heterocycles. The van der Waals surface area contributed by atoms with Crippen LogP contribution in [0.15, 0.2) is 101 Å². The van der Waals surface area contributed by atoms with Crippen molar-refractivity contribution in [3.05, 3.63) is 117 Å². The first-order valence-corrected chi connectivity index (χ1v) is 18.7. The number of hydrogen-bond donors (Lipinski definition) is 4. The number of thiophene rings is 1. The lowest BCUT2D eigenvalue weighted by atomic mass is 9.84. The van der Waals surface area contributed by atoms with Crippen LogP contribution in [0.2, 0.25) is 0 Å². The fourth-order valence-electron chi connectivity index (χ4n) is 5.68. The third-order valence-electron chi connectivity index (χ3n) is 7.96. The van der Waals surface area contributed by atoms with Gasteiger partial charge in [0.05, 0.1) is 46.4 Å². The molecule has 1 unspecified atom stereocenters. The van der Waals surface area contributed by atoms with Gasteiger partial charge in [0, 0.05) is 28.8 Å². The first-order valence-electron chi connectivity index (χ1n) is 15.5. The molecule has 0 radical (unpaired) electrons. The molecule has 3 aromatic carbocycles. The third kappa shape index (κ3) is 8.29. The highest BCUT2D eigenvalue weighted by molar-refractivity contribution is 7.89. The van der Waals surface area contributed by atoms with Crippen LogP contribution in [0, 0.1) is 5.92 Å². The minimum Gasteiger partial charge on any atom is -0.453 e. The van der Waals surface area contributed by atoms with Gasteiger partial charge in [-0.05, 0) is 47.4 Å². The minimum absolute atomic E-state index is 0.00510. The lowest BCUT2D eigenvalue weighted by Crippen LogP contribution is -2.53. The average molecular weight is 709 g/mol. The number of fused-ring (bicyclic) bond motifs is 1. The zero-order valence-corrected chi connectivity index (χ0v) is 29.3. The molecule has 1 amide bonds. The maximum Gasteiger partial charge on any atom is 0.407 e. The Labute approximate surface area is 289 Å². The summed E-state index contributed by atoms with van der Waals surface area (Å²) in [7, 11) is -2.72. The summed E-state index contributed by atoms with van der Waals surface area (Å²) < 4.78 is 35.2. The number of nitrogens with zero attached hydrogens (tertiary/aromatic N) is 2. The van der Waals surface area contributed by atoms with Crippen LogP contribution < -0.4 is 10.6 Å². The van der Waals surface area contributed by atoms with E-state index in [4.69, 9.17) is 4.74 Å². The van der Waals surface area contributed by atoms with E-state index in [0.717, 1.165) is 20.7 Å². The minimum atomic E-state index is -3.99. The predicted molar refractivity (Wildman–Crippen MR) is 189 cm³/mol. The van der Waals surface area contributed by atoms with Gasteiger partial charge >= 0.3 is 6.09 Å². The molecule has 2 aromatic heterocycles. The van der Waals surface area contributed by atoms with Gasteiger partial charge in [-0.3, -0.25) is 5.32 Å². The summed E-state index contributed by atoms with van der Waals surface area (Å²) in [4.78, 5) is 18.4. The number of aliphatic hydroxyl groups excluding tert-OH is 2. The number of methoxy groups -OCH3 is 1. The third-order valence-corrected chi connectivity index (χ3v) is 11.8. The summed E-state index contributed by atoms with van der Waals surface area (Å²) in [5, 5.41) is 28.1. The van der Waals surface area contributed by atoms with Crippen LogP contribution in [0.1, 0.15) is 46.7 Å². The maximum absolute atomic E-state index is 14.0. The summed E-state index contributed by atoms with van der Waals surface area (Å²) in [6.45, 7) is 3.87. The molecule has 5 rings (SSSR count). The van der Waals surface area contributed by atoms with Gasteiger partial charge in [-0.25, -0.2) is 18.2 Å². The molecular formula is C35H40N4O6S3. The molecule has 10 nitrogen and oxygen atoms in total. The fraction of sp³-hybridized carbons (Fsp3) is 0.314.